The highest BCUT2D eigenvalue weighted by molar-refractivity contribution is 5.93. The van der Waals surface area contributed by atoms with Crippen LogP contribution in [-0.4, -0.2) is 83.3 Å². The summed E-state index contributed by atoms with van der Waals surface area (Å²) in [7, 11) is 0. The number of benzene rings is 2. The summed E-state index contributed by atoms with van der Waals surface area (Å²) in [6, 6.07) is 10.7. The van der Waals surface area contributed by atoms with Gasteiger partial charge in [0.15, 0.2) is 6.61 Å². The van der Waals surface area contributed by atoms with Crippen molar-refractivity contribution in [2.45, 2.75) is 83.9 Å². The molecule has 2 rings (SSSR count). The Balaban J connectivity index is 2.27. The number of ether oxygens (including phenoxy) is 2. The Morgan fingerprint density at radius 3 is 2.08 bits per heavy atom. The molecule has 2 aromatic carbocycles. The first kappa shape index (κ1) is 39.0. The largest absolute Gasteiger partial charge is 0.481 e. The van der Waals surface area contributed by atoms with E-state index in [-0.39, 0.29) is 37.1 Å². The first-order valence-corrected chi connectivity index (χ1v) is 15.8. The van der Waals surface area contributed by atoms with Gasteiger partial charge in [-0.15, -0.1) is 0 Å². The van der Waals surface area contributed by atoms with Gasteiger partial charge in [-0.2, -0.15) is 0 Å². The summed E-state index contributed by atoms with van der Waals surface area (Å²) in [5.41, 5.74) is 0.0841. The van der Waals surface area contributed by atoms with E-state index in [4.69, 9.17) is 14.6 Å². The Morgan fingerprint density at radius 1 is 0.792 bits per heavy atom. The fourth-order valence-electron chi connectivity index (χ4n) is 4.48. The summed E-state index contributed by atoms with van der Waals surface area (Å²) in [5.74, 6) is -4.49. The monoisotopic (exact) mass is 670 g/mol. The van der Waals surface area contributed by atoms with Gasteiger partial charge in [0.1, 0.15) is 29.0 Å². The highest BCUT2D eigenvalue weighted by Gasteiger charge is 2.28. The molecule has 0 bridgehead atoms. The normalized spacial score (nSPS) is 12.2. The molecule has 0 aliphatic carbocycles. The van der Waals surface area contributed by atoms with Crippen molar-refractivity contribution in [3.8, 4) is 5.75 Å². The van der Waals surface area contributed by atoms with Gasteiger partial charge < -0.3 is 41.0 Å². The highest BCUT2D eigenvalue weighted by Crippen LogP contribution is 2.21. The zero-order chi connectivity index (χ0) is 35.7. The molecule has 14 heteroatoms. The molecule has 6 N–H and O–H groups in total. The third-order valence-corrected chi connectivity index (χ3v) is 6.73. The fraction of sp³-hybridized carbons (Fsp3) is 0.471. The van der Waals surface area contributed by atoms with Crippen LogP contribution in [0, 0.1) is 0 Å². The number of aliphatic carboxylic acids is 1. The molecule has 0 saturated heterocycles. The summed E-state index contributed by atoms with van der Waals surface area (Å²) in [6.07, 6.45) is 1.68. The van der Waals surface area contributed by atoms with E-state index in [2.05, 4.69) is 21.3 Å². The molecule has 0 saturated carbocycles. The SMILES string of the molecule is CCCCCNC(=O)[C@H](Cc1ccc(OCC(=O)O)c(C(=O)O)c1)NC(=O)[C@H](Cc1ccccc1)NC(=O)CCNC(=O)OC(C)(C)C. The van der Waals surface area contributed by atoms with Crippen LogP contribution in [0.1, 0.15) is 74.9 Å². The van der Waals surface area contributed by atoms with E-state index in [0.717, 1.165) is 18.4 Å². The van der Waals surface area contributed by atoms with Crippen molar-refractivity contribution < 1.29 is 48.5 Å². The zero-order valence-electron chi connectivity index (χ0n) is 27.8. The van der Waals surface area contributed by atoms with Crippen LogP contribution >= 0.6 is 0 Å². The van der Waals surface area contributed by atoms with Crippen molar-refractivity contribution in [1.29, 1.82) is 0 Å². The maximum absolute atomic E-state index is 13.7. The molecular formula is C34H46N4O10. The first-order valence-electron chi connectivity index (χ1n) is 15.8. The van der Waals surface area contributed by atoms with Crippen molar-refractivity contribution in [3.63, 3.8) is 0 Å². The number of amides is 4. The minimum Gasteiger partial charge on any atom is -0.481 e. The number of hydrogen-bond acceptors (Lipinski definition) is 8. The lowest BCUT2D eigenvalue weighted by atomic mass is 10.0. The predicted molar refractivity (Wildman–Crippen MR) is 176 cm³/mol. The Labute approximate surface area is 280 Å². The quantitative estimate of drug-likeness (QED) is 0.120. The van der Waals surface area contributed by atoms with Gasteiger partial charge in [0.05, 0.1) is 0 Å². The number of carbonyl (C=O) groups is 6. The summed E-state index contributed by atoms with van der Waals surface area (Å²) in [5, 5.41) is 29.3. The fourth-order valence-corrected chi connectivity index (χ4v) is 4.48. The maximum atomic E-state index is 13.7. The van der Waals surface area contributed by atoms with Crippen molar-refractivity contribution in [2.75, 3.05) is 19.7 Å². The third kappa shape index (κ3) is 15.0. The van der Waals surface area contributed by atoms with E-state index in [9.17, 15) is 33.9 Å². The summed E-state index contributed by atoms with van der Waals surface area (Å²) < 4.78 is 10.3. The molecule has 0 unspecified atom stereocenters. The van der Waals surface area contributed by atoms with Crippen molar-refractivity contribution in [2.24, 2.45) is 0 Å². The van der Waals surface area contributed by atoms with E-state index in [1.165, 1.54) is 18.2 Å². The van der Waals surface area contributed by atoms with E-state index in [1.54, 1.807) is 45.0 Å². The van der Waals surface area contributed by atoms with Crippen LogP contribution in [0.15, 0.2) is 48.5 Å². The van der Waals surface area contributed by atoms with Gasteiger partial charge >= 0.3 is 18.0 Å². The molecule has 0 heterocycles. The van der Waals surface area contributed by atoms with Crippen molar-refractivity contribution in [3.05, 3.63) is 65.2 Å². The van der Waals surface area contributed by atoms with Gasteiger partial charge in [0.2, 0.25) is 17.7 Å². The van der Waals surface area contributed by atoms with Crippen LogP contribution in [0.4, 0.5) is 4.79 Å². The molecule has 0 aromatic heterocycles. The number of unbranched alkanes of at least 4 members (excludes halogenated alkanes) is 2. The zero-order valence-corrected chi connectivity index (χ0v) is 27.8. The second kappa shape index (κ2) is 19.5. The van der Waals surface area contributed by atoms with E-state index in [1.807, 2.05) is 13.0 Å². The highest BCUT2D eigenvalue weighted by atomic mass is 16.6. The number of hydrogen-bond donors (Lipinski definition) is 6. The number of carbonyl (C=O) groups excluding carboxylic acids is 4. The third-order valence-electron chi connectivity index (χ3n) is 6.73. The van der Waals surface area contributed by atoms with Crippen LogP contribution in [-0.2, 0) is 36.8 Å². The predicted octanol–water partition coefficient (Wildman–Crippen LogP) is 2.82. The molecule has 0 spiro atoms. The van der Waals surface area contributed by atoms with Gasteiger partial charge in [0, 0.05) is 32.4 Å². The number of nitrogens with one attached hydrogen (secondary N) is 4. The second-order valence-electron chi connectivity index (χ2n) is 12.1. The second-order valence-corrected chi connectivity index (χ2v) is 12.1. The van der Waals surface area contributed by atoms with Crippen LogP contribution in [0.25, 0.3) is 0 Å². The van der Waals surface area contributed by atoms with Gasteiger partial charge in [-0.25, -0.2) is 14.4 Å². The lowest BCUT2D eigenvalue weighted by molar-refractivity contribution is -0.139. The summed E-state index contributed by atoms with van der Waals surface area (Å²) in [6.45, 7) is 6.72. The molecule has 0 fully saturated rings. The van der Waals surface area contributed by atoms with Crippen LogP contribution < -0.4 is 26.0 Å². The molecule has 2 atom stereocenters. The Hall–Kier alpha value is -5.14. The number of rotatable bonds is 19. The minimum atomic E-state index is -1.37. The molecule has 0 radical (unpaired) electrons. The van der Waals surface area contributed by atoms with Crippen molar-refractivity contribution >= 4 is 35.8 Å². The smallest absolute Gasteiger partial charge is 0.407 e. The maximum Gasteiger partial charge on any atom is 0.407 e. The molecule has 14 nitrogen and oxygen atoms in total. The Kier molecular flexibility index (Phi) is 15.9. The lowest BCUT2D eigenvalue weighted by Gasteiger charge is -2.24. The molecule has 0 aliphatic rings. The van der Waals surface area contributed by atoms with E-state index in [0.29, 0.717) is 18.5 Å². The number of alkyl carbamates (subject to hydrolysis) is 1. The summed E-state index contributed by atoms with van der Waals surface area (Å²) >= 11 is 0. The van der Waals surface area contributed by atoms with E-state index >= 15 is 0 Å². The molecule has 0 aliphatic heterocycles. The summed E-state index contributed by atoms with van der Waals surface area (Å²) in [4.78, 5) is 74.8. The van der Waals surface area contributed by atoms with Gasteiger partial charge in [-0.05, 0) is 50.5 Å². The number of carboxylic acid groups (broad SMARTS) is 2. The van der Waals surface area contributed by atoms with Crippen LogP contribution in [0.5, 0.6) is 5.75 Å². The first-order chi connectivity index (χ1) is 22.7. The lowest BCUT2D eigenvalue weighted by Crippen LogP contribution is -2.55. The topological polar surface area (TPSA) is 209 Å². The van der Waals surface area contributed by atoms with Gasteiger partial charge in [0.25, 0.3) is 0 Å². The standard InChI is InChI=1S/C34H46N4O10/c1-5-6-10-16-35-30(42)25(20-23-13-14-27(47-21-29(40)41)24(18-23)32(44)45)38-31(43)26(19-22-11-8-7-9-12-22)37-28(39)15-17-36-33(46)48-34(2,3)4/h7-9,11-14,18,25-26H,5-6,10,15-17,19-21H2,1-4H3,(H,35,42)(H,36,46)(H,37,39)(H,38,43)(H,40,41)(H,44,45)/t25-,26-/m0/s1. The molecular weight excluding hydrogens is 624 g/mol. The van der Waals surface area contributed by atoms with Crippen LogP contribution in [0.3, 0.4) is 0 Å². The van der Waals surface area contributed by atoms with Gasteiger partial charge in [-0.1, -0.05) is 56.2 Å². The average Bonchev–Trinajstić information content (AvgIpc) is 3.01. The van der Waals surface area contributed by atoms with Crippen molar-refractivity contribution in [1.82, 2.24) is 21.3 Å². The van der Waals surface area contributed by atoms with Crippen LogP contribution in [0.2, 0.25) is 0 Å². The Morgan fingerprint density at radius 2 is 1.46 bits per heavy atom. The Bertz CT molecular complexity index is 1410. The molecule has 262 valence electrons. The molecule has 48 heavy (non-hydrogen) atoms. The molecule has 2 aromatic rings. The molecule has 4 amide bonds. The van der Waals surface area contributed by atoms with Gasteiger partial charge in [-0.3, -0.25) is 14.4 Å². The number of carboxylic acids is 2. The average molecular weight is 671 g/mol. The van der Waals surface area contributed by atoms with E-state index < -0.39 is 60.0 Å². The minimum absolute atomic E-state index is 0.0404. The number of aromatic carboxylic acids is 1.